The number of anilines is 1. The Morgan fingerprint density at radius 1 is 1.38 bits per heavy atom. The molecule has 1 N–H and O–H groups in total. The lowest BCUT2D eigenvalue weighted by atomic mass is 9.91. The molecule has 4 heteroatoms. The van der Waals surface area contributed by atoms with Gasteiger partial charge in [0.2, 0.25) is 0 Å². The average Bonchev–Trinajstić information content (AvgIpc) is 2.26. The highest BCUT2D eigenvalue weighted by Gasteiger charge is 2.31. The largest absolute Gasteiger partial charge is 0.416 e. The van der Waals surface area contributed by atoms with E-state index in [2.05, 4.69) is 12.2 Å². The lowest BCUT2D eigenvalue weighted by Crippen LogP contribution is -2.23. The lowest BCUT2D eigenvalue weighted by molar-refractivity contribution is -0.137. The summed E-state index contributed by atoms with van der Waals surface area (Å²) in [5.74, 6) is 0.441. The highest BCUT2D eigenvalue weighted by molar-refractivity contribution is 5.55. The Kier molecular flexibility index (Phi) is 2.82. The molecular weight excluding hydrogens is 215 g/mol. The van der Waals surface area contributed by atoms with E-state index in [0.717, 1.165) is 36.7 Å². The molecule has 0 saturated heterocycles. The van der Waals surface area contributed by atoms with Gasteiger partial charge in [-0.3, -0.25) is 0 Å². The molecule has 0 radical (unpaired) electrons. The minimum absolute atomic E-state index is 0.441. The van der Waals surface area contributed by atoms with Crippen molar-refractivity contribution in [3.05, 3.63) is 29.3 Å². The molecule has 16 heavy (non-hydrogen) atoms. The Hall–Kier alpha value is -1.19. The summed E-state index contributed by atoms with van der Waals surface area (Å²) in [5.41, 5.74) is 1.08. The number of hydrogen-bond donors (Lipinski definition) is 1. The van der Waals surface area contributed by atoms with Gasteiger partial charge in [-0.05, 0) is 36.1 Å². The topological polar surface area (TPSA) is 12.0 Å². The van der Waals surface area contributed by atoms with Crippen LogP contribution < -0.4 is 5.32 Å². The van der Waals surface area contributed by atoms with E-state index >= 15 is 0 Å². The fourth-order valence-electron chi connectivity index (χ4n) is 2.04. The van der Waals surface area contributed by atoms with E-state index < -0.39 is 11.7 Å². The van der Waals surface area contributed by atoms with Crippen LogP contribution in [-0.2, 0) is 12.6 Å². The molecule has 0 aromatic heterocycles. The molecule has 1 aliphatic rings. The summed E-state index contributed by atoms with van der Waals surface area (Å²) in [6.45, 7) is 2.92. The van der Waals surface area contributed by atoms with Crippen molar-refractivity contribution in [1.82, 2.24) is 0 Å². The van der Waals surface area contributed by atoms with Crippen LogP contribution in [0.2, 0.25) is 0 Å². The van der Waals surface area contributed by atoms with Crippen molar-refractivity contribution in [2.24, 2.45) is 5.92 Å². The smallest absolute Gasteiger partial charge is 0.385 e. The molecule has 1 unspecified atom stereocenters. The number of nitrogens with one attached hydrogen (secondary N) is 1. The third kappa shape index (κ3) is 2.15. The average molecular weight is 229 g/mol. The number of alkyl halides is 3. The van der Waals surface area contributed by atoms with Crippen molar-refractivity contribution in [3.8, 4) is 0 Å². The number of rotatable bonds is 1. The van der Waals surface area contributed by atoms with Crippen LogP contribution >= 0.6 is 0 Å². The highest BCUT2D eigenvalue weighted by Crippen LogP contribution is 2.34. The van der Waals surface area contributed by atoms with Crippen LogP contribution in [0.4, 0.5) is 18.9 Å². The Labute approximate surface area is 92.7 Å². The molecule has 2 rings (SSSR count). The van der Waals surface area contributed by atoms with Gasteiger partial charge in [-0.1, -0.05) is 13.3 Å². The minimum Gasteiger partial charge on any atom is -0.385 e. The van der Waals surface area contributed by atoms with Crippen LogP contribution in [0.3, 0.4) is 0 Å². The first kappa shape index (κ1) is 11.3. The predicted molar refractivity (Wildman–Crippen MR) is 57.4 cm³/mol. The third-order valence-electron chi connectivity index (χ3n) is 3.10. The molecule has 1 aliphatic heterocycles. The summed E-state index contributed by atoms with van der Waals surface area (Å²) < 4.78 is 37.5. The van der Waals surface area contributed by atoms with E-state index in [0.29, 0.717) is 5.92 Å². The monoisotopic (exact) mass is 229 g/mol. The highest BCUT2D eigenvalue weighted by atomic mass is 19.4. The molecule has 88 valence electrons. The standard InChI is InChI=1S/C12H14F3N/c1-2-8-5-9-6-10(12(13,14)15)3-4-11(9)16-7-8/h3-4,6,8,16H,2,5,7H2,1H3. The van der Waals surface area contributed by atoms with Gasteiger partial charge in [0.05, 0.1) is 5.56 Å². The first-order chi connectivity index (χ1) is 7.50. The number of benzene rings is 1. The van der Waals surface area contributed by atoms with Gasteiger partial charge in [-0.2, -0.15) is 13.2 Å². The van der Waals surface area contributed by atoms with Gasteiger partial charge in [-0.15, -0.1) is 0 Å². The first-order valence-electron chi connectivity index (χ1n) is 5.44. The lowest BCUT2D eigenvalue weighted by Gasteiger charge is -2.26. The van der Waals surface area contributed by atoms with E-state index in [1.54, 1.807) is 0 Å². The van der Waals surface area contributed by atoms with E-state index in [4.69, 9.17) is 0 Å². The Morgan fingerprint density at radius 2 is 2.12 bits per heavy atom. The zero-order chi connectivity index (χ0) is 11.8. The van der Waals surface area contributed by atoms with Gasteiger partial charge in [0.15, 0.2) is 0 Å². The van der Waals surface area contributed by atoms with E-state index in [-0.39, 0.29) is 0 Å². The van der Waals surface area contributed by atoms with E-state index in [9.17, 15) is 13.2 Å². The Bertz CT molecular complexity index is 384. The normalized spacial score (nSPS) is 20.1. The predicted octanol–water partition coefficient (Wildman–Crippen LogP) is 3.70. The summed E-state index contributed by atoms with van der Waals surface area (Å²) in [6, 6.07) is 3.94. The van der Waals surface area contributed by atoms with Gasteiger partial charge in [0, 0.05) is 12.2 Å². The second-order valence-electron chi connectivity index (χ2n) is 4.23. The van der Waals surface area contributed by atoms with Crippen LogP contribution in [0.15, 0.2) is 18.2 Å². The maximum absolute atomic E-state index is 12.5. The molecular formula is C12H14F3N. The van der Waals surface area contributed by atoms with Gasteiger partial charge in [0.1, 0.15) is 0 Å². The zero-order valence-electron chi connectivity index (χ0n) is 9.06. The molecule has 0 spiro atoms. The summed E-state index contributed by atoms with van der Waals surface area (Å²) in [7, 11) is 0. The number of hydrogen-bond acceptors (Lipinski definition) is 1. The molecule has 0 fully saturated rings. The summed E-state index contributed by atoms with van der Waals surface area (Å²) in [5, 5.41) is 3.17. The van der Waals surface area contributed by atoms with Crippen molar-refractivity contribution in [2.75, 3.05) is 11.9 Å². The van der Waals surface area contributed by atoms with Gasteiger partial charge in [0.25, 0.3) is 0 Å². The quantitative estimate of drug-likeness (QED) is 0.774. The summed E-state index contributed by atoms with van der Waals surface area (Å²) in [6.07, 6.45) is -2.51. The summed E-state index contributed by atoms with van der Waals surface area (Å²) >= 11 is 0. The van der Waals surface area contributed by atoms with E-state index in [1.165, 1.54) is 12.1 Å². The maximum atomic E-state index is 12.5. The van der Waals surface area contributed by atoms with Crippen molar-refractivity contribution in [2.45, 2.75) is 25.9 Å². The van der Waals surface area contributed by atoms with Crippen LogP contribution in [0.25, 0.3) is 0 Å². The molecule has 1 heterocycles. The number of halogens is 3. The van der Waals surface area contributed by atoms with Crippen molar-refractivity contribution < 1.29 is 13.2 Å². The Morgan fingerprint density at radius 3 is 2.75 bits per heavy atom. The molecule has 1 nitrogen and oxygen atoms in total. The third-order valence-corrected chi connectivity index (χ3v) is 3.10. The fraction of sp³-hybridized carbons (Fsp3) is 0.500. The molecule has 0 bridgehead atoms. The number of fused-ring (bicyclic) bond motifs is 1. The molecule has 1 atom stereocenters. The van der Waals surface area contributed by atoms with Crippen molar-refractivity contribution in [1.29, 1.82) is 0 Å². The minimum atomic E-state index is -4.24. The molecule has 0 amide bonds. The van der Waals surface area contributed by atoms with Crippen LogP contribution in [-0.4, -0.2) is 6.54 Å². The first-order valence-corrected chi connectivity index (χ1v) is 5.44. The molecule has 0 saturated carbocycles. The molecule has 0 aliphatic carbocycles. The van der Waals surface area contributed by atoms with Crippen LogP contribution in [0.5, 0.6) is 0 Å². The summed E-state index contributed by atoms with van der Waals surface area (Å²) in [4.78, 5) is 0. The van der Waals surface area contributed by atoms with Crippen molar-refractivity contribution >= 4 is 5.69 Å². The van der Waals surface area contributed by atoms with Crippen LogP contribution in [0, 0.1) is 5.92 Å². The van der Waals surface area contributed by atoms with Gasteiger partial charge < -0.3 is 5.32 Å². The Balaban J connectivity index is 2.31. The van der Waals surface area contributed by atoms with E-state index in [1.807, 2.05) is 0 Å². The van der Waals surface area contributed by atoms with Gasteiger partial charge in [-0.25, -0.2) is 0 Å². The second-order valence-corrected chi connectivity index (χ2v) is 4.23. The fourth-order valence-corrected chi connectivity index (χ4v) is 2.04. The zero-order valence-corrected chi connectivity index (χ0v) is 9.06. The van der Waals surface area contributed by atoms with Crippen molar-refractivity contribution in [3.63, 3.8) is 0 Å². The van der Waals surface area contributed by atoms with Crippen LogP contribution in [0.1, 0.15) is 24.5 Å². The SMILES string of the molecule is CCC1CNc2ccc(C(F)(F)F)cc2C1. The molecule has 1 aromatic carbocycles. The molecule has 1 aromatic rings. The maximum Gasteiger partial charge on any atom is 0.416 e. The van der Waals surface area contributed by atoms with Gasteiger partial charge >= 0.3 is 6.18 Å². The second kappa shape index (κ2) is 4.00.